The first-order chi connectivity index (χ1) is 8.22. The molecule has 0 radical (unpaired) electrons. The van der Waals surface area contributed by atoms with E-state index in [9.17, 15) is 0 Å². The van der Waals surface area contributed by atoms with Crippen molar-refractivity contribution in [2.45, 2.75) is 19.4 Å². The van der Waals surface area contributed by atoms with Crippen molar-refractivity contribution in [1.82, 2.24) is 9.88 Å². The molecule has 0 bridgehead atoms. The molecule has 1 heterocycles. The van der Waals surface area contributed by atoms with Crippen molar-refractivity contribution in [2.75, 3.05) is 13.6 Å². The van der Waals surface area contributed by atoms with Gasteiger partial charge in [0.25, 0.3) is 0 Å². The van der Waals surface area contributed by atoms with Crippen LogP contribution >= 0.6 is 0 Å². The number of aromatic amines is 1. The van der Waals surface area contributed by atoms with Crippen molar-refractivity contribution in [3.8, 4) is 0 Å². The highest BCUT2D eigenvalue weighted by atomic mass is 15.1. The minimum absolute atomic E-state index is 0.521. The smallest absolute Gasteiger partial charge is 0.0456 e. The quantitative estimate of drug-likeness (QED) is 0.779. The van der Waals surface area contributed by atoms with Gasteiger partial charge in [0.2, 0.25) is 0 Å². The number of para-hydroxylation sites is 1. The maximum absolute atomic E-state index is 3.78. The number of fused-ring (bicyclic) bond motifs is 1. The Bertz CT molecular complexity index is 498. The monoisotopic (exact) mass is 228 g/mol. The van der Waals surface area contributed by atoms with Crippen LogP contribution in [0.5, 0.6) is 0 Å². The van der Waals surface area contributed by atoms with Gasteiger partial charge in [0, 0.05) is 29.7 Å². The molecule has 0 aliphatic heterocycles. The average Bonchev–Trinajstić information content (AvgIpc) is 2.73. The van der Waals surface area contributed by atoms with Crippen LogP contribution in [0.4, 0.5) is 0 Å². The van der Waals surface area contributed by atoms with Crippen LogP contribution in [0, 0.1) is 0 Å². The third-order valence-corrected chi connectivity index (χ3v) is 3.36. The Hall–Kier alpha value is -1.54. The zero-order chi connectivity index (χ0) is 12.3. The normalized spacial score (nSPS) is 13.1. The van der Waals surface area contributed by atoms with E-state index in [2.05, 4.69) is 60.9 Å². The number of hydrogen-bond donors (Lipinski definition) is 1. The van der Waals surface area contributed by atoms with E-state index in [1.807, 2.05) is 6.08 Å². The number of H-pyrrole nitrogens is 1. The van der Waals surface area contributed by atoms with Crippen LogP contribution < -0.4 is 0 Å². The summed E-state index contributed by atoms with van der Waals surface area (Å²) in [4.78, 5) is 5.64. The number of aromatic nitrogens is 1. The van der Waals surface area contributed by atoms with E-state index in [0.29, 0.717) is 6.04 Å². The second-order valence-corrected chi connectivity index (χ2v) is 4.64. The van der Waals surface area contributed by atoms with E-state index in [0.717, 1.165) is 13.0 Å². The molecule has 0 fully saturated rings. The Morgan fingerprint density at radius 2 is 2.18 bits per heavy atom. The molecule has 1 N–H and O–H groups in total. The van der Waals surface area contributed by atoms with Gasteiger partial charge >= 0.3 is 0 Å². The third-order valence-electron chi connectivity index (χ3n) is 3.36. The maximum Gasteiger partial charge on any atom is 0.0456 e. The third kappa shape index (κ3) is 2.59. The number of rotatable bonds is 5. The molecule has 0 aliphatic rings. The van der Waals surface area contributed by atoms with Crippen LogP contribution in [0.25, 0.3) is 10.9 Å². The summed E-state index contributed by atoms with van der Waals surface area (Å²) in [5, 5.41) is 1.34. The summed E-state index contributed by atoms with van der Waals surface area (Å²) in [6, 6.07) is 8.98. The second-order valence-electron chi connectivity index (χ2n) is 4.64. The van der Waals surface area contributed by atoms with Gasteiger partial charge < -0.3 is 4.98 Å². The highest BCUT2D eigenvalue weighted by Gasteiger charge is 2.11. The predicted octanol–water partition coefficient (Wildman–Crippen LogP) is 3.22. The van der Waals surface area contributed by atoms with Gasteiger partial charge in [-0.05, 0) is 32.0 Å². The minimum atomic E-state index is 0.521. The Morgan fingerprint density at radius 3 is 2.94 bits per heavy atom. The molecule has 1 aromatic carbocycles. The molecule has 0 spiro atoms. The topological polar surface area (TPSA) is 19.0 Å². The zero-order valence-electron chi connectivity index (χ0n) is 10.6. The molecule has 0 aliphatic carbocycles. The standard InChI is InChI=1S/C15H20N2/c1-4-9-17(3)12(2)10-13-11-16-15-8-6-5-7-14(13)15/h4-8,11-12,16H,1,9-10H2,2-3H3. The van der Waals surface area contributed by atoms with Gasteiger partial charge in [0.15, 0.2) is 0 Å². The number of likely N-dealkylation sites (N-methyl/N-ethyl adjacent to an activating group) is 1. The summed E-state index contributed by atoms with van der Waals surface area (Å²) in [5.41, 5.74) is 2.62. The van der Waals surface area contributed by atoms with E-state index >= 15 is 0 Å². The molecule has 1 atom stereocenters. The molecule has 2 rings (SSSR count). The molecule has 2 nitrogen and oxygen atoms in total. The molecule has 0 amide bonds. The van der Waals surface area contributed by atoms with Crippen molar-refractivity contribution < 1.29 is 0 Å². The summed E-state index contributed by atoms with van der Waals surface area (Å²) in [6.07, 6.45) is 5.14. The summed E-state index contributed by atoms with van der Waals surface area (Å²) >= 11 is 0. The average molecular weight is 228 g/mol. The van der Waals surface area contributed by atoms with Crippen molar-refractivity contribution in [3.63, 3.8) is 0 Å². The van der Waals surface area contributed by atoms with Gasteiger partial charge in [-0.3, -0.25) is 4.90 Å². The lowest BCUT2D eigenvalue weighted by molar-refractivity contribution is 0.283. The number of nitrogens with one attached hydrogen (secondary N) is 1. The number of nitrogens with zero attached hydrogens (tertiary/aromatic N) is 1. The van der Waals surface area contributed by atoms with Crippen LogP contribution in [-0.2, 0) is 6.42 Å². The molecule has 1 unspecified atom stereocenters. The fraction of sp³-hybridized carbons (Fsp3) is 0.333. The van der Waals surface area contributed by atoms with Gasteiger partial charge in [0.1, 0.15) is 0 Å². The van der Waals surface area contributed by atoms with E-state index in [-0.39, 0.29) is 0 Å². The van der Waals surface area contributed by atoms with Crippen LogP contribution in [0.1, 0.15) is 12.5 Å². The van der Waals surface area contributed by atoms with Crippen molar-refractivity contribution in [3.05, 3.63) is 48.7 Å². The van der Waals surface area contributed by atoms with Crippen molar-refractivity contribution >= 4 is 10.9 Å². The van der Waals surface area contributed by atoms with Crippen LogP contribution in [-0.4, -0.2) is 29.5 Å². The predicted molar refractivity (Wildman–Crippen MR) is 74.3 cm³/mol. The molecule has 0 saturated heterocycles. The Labute approximate surface area is 103 Å². The van der Waals surface area contributed by atoms with Crippen molar-refractivity contribution in [1.29, 1.82) is 0 Å². The minimum Gasteiger partial charge on any atom is -0.361 e. The Morgan fingerprint density at radius 1 is 1.41 bits per heavy atom. The van der Waals surface area contributed by atoms with Gasteiger partial charge in [-0.1, -0.05) is 24.3 Å². The van der Waals surface area contributed by atoms with Gasteiger partial charge in [-0.2, -0.15) is 0 Å². The zero-order valence-corrected chi connectivity index (χ0v) is 10.6. The lowest BCUT2D eigenvalue weighted by Crippen LogP contribution is -2.30. The first-order valence-corrected chi connectivity index (χ1v) is 6.08. The second kappa shape index (κ2) is 5.19. The molecular formula is C15H20N2. The summed E-state index contributed by atoms with van der Waals surface area (Å²) in [5.74, 6) is 0. The first-order valence-electron chi connectivity index (χ1n) is 6.08. The first kappa shape index (κ1) is 11.9. The maximum atomic E-state index is 3.78. The Kier molecular flexibility index (Phi) is 3.64. The fourth-order valence-electron chi connectivity index (χ4n) is 2.16. The largest absolute Gasteiger partial charge is 0.361 e. The summed E-state index contributed by atoms with van der Waals surface area (Å²) in [7, 11) is 2.14. The molecule has 17 heavy (non-hydrogen) atoms. The number of benzene rings is 1. The van der Waals surface area contributed by atoms with E-state index in [4.69, 9.17) is 0 Å². The highest BCUT2D eigenvalue weighted by molar-refractivity contribution is 5.83. The van der Waals surface area contributed by atoms with Gasteiger partial charge in [-0.15, -0.1) is 6.58 Å². The molecular weight excluding hydrogens is 208 g/mol. The molecule has 1 aromatic heterocycles. The summed E-state index contributed by atoms with van der Waals surface area (Å²) < 4.78 is 0. The van der Waals surface area contributed by atoms with E-state index in [1.54, 1.807) is 0 Å². The van der Waals surface area contributed by atoms with E-state index < -0.39 is 0 Å². The Balaban J connectivity index is 2.15. The molecule has 2 heteroatoms. The van der Waals surface area contributed by atoms with Crippen molar-refractivity contribution in [2.24, 2.45) is 0 Å². The molecule has 90 valence electrons. The van der Waals surface area contributed by atoms with Crippen LogP contribution in [0.2, 0.25) is 0 Å². The molecule has 0 saturated carbocycles. The lowest BCUT2D eigenvalue weighted by Gasteiger charge is -2.22. The number of hydrogen-bond acceptors (Lipinski definition) is 1. The van der Waals surface area contributed by atoms with Crippen LogP contribution in [0.3, 0.4) is 0 Å². The van der Waals surface area contributed by atoms with E-state index in [1.165, 1.54) is 16.5 Å². The van der Waals surface area contributed by atoms with Gasteiger partial charge in [-0.25, -0.2) is 0 Å². The van der Waals surface area contributed by atoms with Crippen LogP contribution in [0.15, 0.2) is 43.1 Å². The SMILES string of the molecule is C=CCN(C)C(C)Cc1c[nH]c2ccccc12. The summed E-state index contributed by atoms with van der Waals surface area (Å²) in [6.45, 7) is 6.97. The van der Waals surface area contributed by atoms with Gasteiger partial charge in [0.05, 0.1) is 0 Å². The molecule has 2 aromatic rings. The highest BCUT2D eigenvalue weighted by Crippen LogP contribution is 2.19. The lowest BCUT2D eigenvalue weighted by atomic mass is 10.1. The fourth-order valence-corrected chi connectivity index (χ4v) is 2.16.